The molecule has 0 aliphatic carbocycles. The molecule has 23 heavy (non-hydrogen) atoms. The Labute approximate surface area is 136 Å². The maximum Gasteiger partial charge on any atom is 0.223 e. The van der Waals surface area contributed by atoms with E-state index in [-0.39, 0.29) is 5.91 Å². The van der Waals surface area contributed by atoms with Crippen LogP contribution >= 0.6 is 0 Å². The summed E-state index contributed by atoms with van der Waals surface area (Å²) < 4.78 is 2.09. The van der Waals surface area contributed by atoms with E-state index in [0.29, 0.717) is 6.04 Å². The van der Waals surface area contributed by atoms with Crippen molar-refractivity contribution in [2.24, 2.45) is 0 Å². The second-order valence-corrected chi connectivity index (χ2v) is 6.44. The summed E-state index contributed by atoms with van der Waals surface area (Å²) in [5.41, 5.74) is 3.67. The van der Waals surface area contributed by atoms with Crippen LogP contribution in [0.4, 0.5) is 11.4 Å². The van der Waals surface area contributed by atoms with Crippen molar-refractivity contribution in [3.63, 3.8) is 0 Å². The van der Waals surface area contributed by atoms with Gasteiger partial charge < -0.3 is 9.80 Å². The zero-order valence-corrected chi connectivity index (χ0v) is 13.5. The van der Waals surface area contributed by atoms with E-state index in [1.54, 1.807) is 6.92 Å². The molecule has 5 heteroatoms. The Morgan fingerprint density at radius 1 is 1.22 bits per heavy atom. The summed E-state index contributed by atoms with van der Waals surface area (Å²) >= 11 is 0. The van der Waals surface area contributed by atoms with Gasteiger partial charge in [-0.25, -0.2) is 0 Å². The lowest BCUT2D eigenvalue weighted by Crippen LogP contribution is -2.34. The Morgan fingerprint density at radius 2 is 2.04 bits per heavy atom. The second-order valence-electron chi connectivity index (χ2n) is 6.44. The number of carbonyl (C=O) groups excluding carboxylic acids is 1. The normalized spacial score (nSPS) is 18.3. The van der Waals surface area contributed by atoms with Gasteiger partial charge in [-0.3, -0.25) is 9.48 Å². The summed E-state index contributed by atoms with van der Waals surface area (Å²) in [5.74, 6) is 0.136. The minimum Gasteiger partial charge on any atom is -0.371 e. The Kier molecular flexibility index (Phi) is 3.56. The zero-order valence-electron chi connectivity index (χ0n) is 13.5. The molecule has 120 valence electrons. The first-order chi connectivity index (χ1) is 11.2. The SMILES string of the molecule is CC(=O)N1CCc2cc(N3CCC(n4cccn4)CC3)ccc21. The quantitative estimate of drug-likeness (QED) is 0.856. The van der Waals surface area contributed by atoms with Crippen molar-refractivity contribution in [2.45, 2.75) is 32.2 Å². The maximum absolute atomic E-state index is 11.7. The highest BCUT2D eigenvalue weighted by atomic mass is 16.2. The van der Waals surface area contributed by atoms with Gasteiger partial charge in [0.25, 0.3) is 0 Å². The van der Waals surface area contributed by atoms with Gasteiger partial charge in [0.15, 0.2) is 0 Å². The molecule has 1 aromatic carbocycles. The smallest absolute Gasteiger partial charge is 0.223 e. The lowest BCUT2D eigenvalue weighted by Gasteiger charge is -2.34. The number of fused-ring (bicyclic) bond motifs is 1. The summed E-state index contributed by atoms with van der Waals surface area (Å²) in [6.45, 7) is 4.57. The van der Waals surface area contributed by atoms with Gasteiger partial charge in [-0.05, 0) is 49.1 Å². The molecule has 1 saturated heterocycles. The third-order valence-corrected chi connectivity index (χ3v) is 5.07. The lowest BCUT2D eigenvalue weighted by atomic mass is 10.0. The molecule has 2 aliphatic heterocycles. The number of piperidine rings is 1. The number of hydrogen-bond acceptors (Lipinski definition) is 3. The summed E-state index contributed by atoms with van der Waals surface area (Å²) in [5, 5.41) is 4.37. The topological polar surface area (TPSA) is 41.4 Å². The van der Waals surface area contributed by atoms with Crippen LogP contribution in [-0.2, 0) is 11.2 Å². The molecule has 3 heterocycles. The molecule has 5 nitrogen and oxygen atoms in total. The van der Waals surface area contributed by atoms with E-state index in [1.165, 1.54) is 11.3 Å². The predicted octanol–water partition coefficient (Wildman–Crippen LogP) is 2.63. The van der Waals surface area contributed by atoms with Gasteiger partial charge >= 0.3 is 0 Å². The first kappa shape index (κ1) is 14.3. The summed E-state index contributed by atoms with van der Waals surface area (Å²) in [6, 6.07) is 9.05. The molecule has 0 saturated carbocycles. The van der Waals surface area contributed by atoms with E-state index in [4.69, 9.17) is 0 Å². The highest BCUT2D eigenvalue weighted by molar-refractivity contribution is 5.94. The van der Waals surface area contributed by atoms with Crippen LogP contribution in [0, 0.1) is 0 Å². The molecule has 0 radical (unpaired) electrons. The molecular weight excluding hydrogens is 288 g/mol. The van der Waals surface area contributed by atoms with Crippen LogP contribution in [0.2, 0.25) is 0 Å². The van der Waals surface area contributed by atoms with Crippen molar-refractivity contribution in [1.29, 1.82) is 0 Å². The van der Waals surface area contributed by atoms with Crippen molar-refractivity contribution in [3.05, 3.63) is 42.2 Å². The first-order valence-corrected chi connectivity index (χ1v) is 8.37. The molecule has 0 spiro atoms. The number of nitrogens with zero attached hydrogens (tertiary/aromatic N) is 4. The fourth-order valence-corrected chi connectivity index (χ4v) is 3.80. The standard InChI is InChI=1S/C18H22N4O/c1-14(23)21-12-5-15-13-17(3-4-18(15)21)20-10-6-16(7-11-20)22-9-2-8-19-22/h2-4,8-9,13,16H,5-7,10-12H2,1H3. The monoisotopic (exact) mass is 310 g/mol. The van der Waals surface area contributed by atoms with E-state index in [1.807, 2.05) is 17.2 Å². The van der Waals surface area contributed by atoms with Crippen LogP contribution < -0.4 is 9.80 Å². The van der Waals surface area contributed by atoms with Gasteiger partial charge in [0, 0.05) is 50.3 Å². The van der Waals surface area contributed by atoms with Gasteiger partial charge in [-0.1, -0.05) is 0 Å². The molecule has 2 aliphatic rings. The molecule has 0 atom stereocenters. The van der Waals surface area contributed by atoms with Crippen molar-refractivity contribution in [1.82, 2.24) is 9.78 Å². The molecule has 4 rings (SSSR count). The van der Waals surface area contributed by atoms with Crippen molar-refractivity contribution in [2.75, 3.05) is 29.4 Å². The highest BCUT2D eigenvalue weighted by Crippen LogP contribution is 2.33. The summed E-state index contributed by atoms with van der Waals surface area (Å²) in [4.78, 5) is 16.0. The number of aromatic nitrogens is 2. The largest absolute Gasteiger partial charge is 0.371 e. The average molecular weight is 310 g/mol. The number of rotatable bonds is 2. The fourth-order valence-electron chi connectivity index (χ4n) is 3.80. The number of anilines is 2. The molecule has 1 amide bonds. The maximum atomic E-state index is 11.7. The third kappa shape index (κ3) is 2.60. The van der Waals surface area contributed by atoms with Gasteiger partial charge in [-0.2, -0.15) is 5.10 Å². The molecule has 0 N–H and O–H groups in total. The van der Waals surface area contributed by atoms with Crippen LogP contribution in [0.15, 0.2) is 36.7 Å². The molecule has 1 fully saturated rings. The van der Waals surface area contributed by atoms with Gasteiger partial charge in [0.2, 0.25) is 5.91 Å². The zero-order chi connectivity index (χ0) is 15.8. The van der Waals surface area contributed by atoms with Crippen LogP contribution in [0.5, 0.6) is 0 Å². The van der Waals surface area contributed by atoms with Crippen LogP contribution in [0.25, 0.3) is 0 Å². The number of benzene rings is 1. The minimum atomic E-state index is 0.136. The Hall–Kier alpha value is -2.30. The molecule has 2 aromatic rings. The Bertz CT molecular complexity index is 702. The van der Waals surface area contributed by atoms with Gasteiger partial charge in [0.1, 0.15) is 0 Å². The fraction of sp³-hybridized carbons (Fsp3) is 0.444. The van der Waals surface area contributed by atoms with E-state index in [9.17, 15) is 4.79 Å². The van der Waals surface area contributed by atoms with Crippen LogP contribution in [-0.4, -0.2) is 35.3 Å². The van der Waals surface area contributed by atoms with E-state index >= 15 is 0 Å². The van der Waals surface area contributed by atoms with Crippen LogP contribution in [0.1, 0.15) is 31.4 Å². The lowest BCUT2D eigenvalue weighted by molar-refractivity contribution is -0.116. The van der Waals surface area contributed by atoms with Crippen molar-refractivity contribution in [3.8, 4) is 0 Å². The highest BCUT2D eigenvalue weighted by Gasteiger charge is 2.25. The van der Waals surface area contributed by atoms with E-state index in [2.05, 4.69) is 39.1 Å². The van der Waals surface area contributed by atoms with Gasteiger partial charge in [0.05, 0.1) is 6.04 Å². The first-order valence-electron chi connectivity index (χ1n) is 8.37. The number of amides is 1. The predicted molar refractivity (Wildman–Crippen MR) is 90.9 cm³/mol. The Morgan fingerprint density at radius 3 is 2.74 bits per heavy atom. The van der Waals surface area contributed by atoms with Gasteiger partial charge in [-0.15, -0.1) is 0 Å². The van der Waals surface area contributed by atoms with Crippen molar-refractivity contribution >= 4 is 17.3 Å². The van der Waals surface area contributed by atoms with Crippen LogP contribution in [0.3, 0.4) is 0 Å². The molecule has 0 bridgehead atoms. The molecule has 1 aromatic heterocycles. The number of hydrogen-bond donors (Lipinski definition) is 0. The average Bonchev–Trinajstić information content (AvgIpc) is 3.24. The summed E-state index contributed by atoms with van der Waals surface area (Å²) in [7, 11) is 0. The Balaban J connectivity index is 1.47. The molecule has 0 unspecified atom stereocenters. The number of carbonyl (C=O) groups is 1. The van der Waals surface area contributed by atoms with E-state index in [0.717, 1.165) is 44.6 Å². The summed E-state index contributed by atoms with van der Waals surface area (Å²) in [6.07, 6.45) is 7.13. The van der Waals surface area contributed by atoms with Crippen molar-refractivity contribution < 1.29 is 4.79 Å². The van der Waals surface area contributed by atoms with E-state index < -0.39 is 0 Å². The minimum absolute atomic E-state index is 0.136. The second kappa shape index (κ2) is 5.72. The third-order valence-electron chi connectivity index (χ3n) is 5.07. The molecular formula is C18H22N4O.